The van der Waals surface area contributed by atoms with Gasteiger partial charge in [-0.05, 0) is 72.1 Å². The summed E-state index contributed by atoms with van der Waals surface area (Å²) in [6.45, 7) is 11.8. The van der Waals surface area contributed by atoms with Gasteiger partial charge < -0.3 is 9.73 Å². The number of carbonyl (C=O) groups excluding carboxylic acids is 1. The van der Waals surface area contributed by atoms with Crippen LogP contribution in [0.25, 0.3) is 22.6 Å². The van der Waals surface area contributed by atoms with Gasteiger partial charge in [0.2, 0.25) is 5.89 Å². The summed E-state index contributed by atoms with van der Waals surface area (Å²) >= 11 is 0. The van der Waals surface area contributed by atoms with E-state index in [1.54, 1.807) is 12.1 Å². The highest BCUT2D eigenvalue weighted by Gasteiger charge is 2.37. The van der Waals surface area contributed by atoms with Gasteiger partial charge in [0.05, 0.1) is 0 Å². The second-order valence-corrected chi connectivity index (χ2v) is 9.09. The summed E-state index contributed by atoms with van der Waals surface area (Å²) in [5.74, 6) is 0.505. The lowest BCUT2D eigenvalue weighted by Crippen LogP contribution is -2.33. The Balaban J connectivity index is 1.77. The second-order valence-electron chi connectivity index (χ2n) is 9.09. The van der Waals surface area contributed by atoms with Crippen LogP contribution < -0.4 is 5.32 Å². The molecule has 0 atom stereocenters. The van der Waals surface area contributed by atoms with Gasteiger partial charge in [-0.15, -0.1) is 0 Å². The summed E-state index contributed by atoms with van der Waals surface area (Å²) in [4.78, 5) is 16.7. The molecule has 0 spiro atoms. The first-order valence-corrected chi connectivity index (χ1v) is 10.1. The van der Waals surface area contributed by atoms with Crippen LogP contribution in [0.4, 0.5) is 0 Å². The number of oxazole rings is 1. The summed E-state index contributed by atoms with van der Waals surface area (Å²) in [6, 6.07) is 12.0. The van der Waals surface area contributed by atoms with E-state index < -0.39 is 0 Å². The standard InChI is InChI=1S/C24H28N2O2/c1-6-25-21(27)15-8-10-19-20(14-15)28-22(26-19)16-7-9-17-18(13-16)24(4,5)12-11-23(17,2)3/h7-10,13-14H,6,11-12H2,1-5H3,(H,25,27). The van der Waals surface area contributed by atoms with Crippen molar-refractivity contribution in [3.8, 4) is 11.5 Å². The lowest BCUT2D eigenvalue weighted by atomic mass is 9.63. The normalized spacial score (nSPS) is 17.3. The van der Waals surface area contributed by atoms with E-state index in [4.69, 9.17) is 4.42 Å². The van der Waals surface area contributed by atoms with E-state index in [2.05, 4.69) is 56.2 Å². The Kier molecular flexibility index (Phi) is 4.33. The second kappa shape index (κ2) is 6.47. The van der Waals surface area contributed by atoms with Crippen LogP contribution in [0.2, 0.25) is 0 Å². The smallest absolute Gasteiger partial charge is 0.251 e. The van der Waals surface area contributed by atoms with Gasteiger partial charge in [-0.25, -0.2) is 4.98 Å². The molecule has 0 radical (unpaired) electrons. The predicted molar refractivity (Wildman–Crippen MR) is 113 cm³/mol. The maximum absolute atomic E-state index is 12.1. The minimum absolute atomic E-state index is 0.0971. The zero-order valence-electron chi connectivity index (χ0n) is 17.3. The van der Waals surface area contributed by atoms with E-state index in [0.29, 0.717) is 23.6 Å². The molecule has 3 aromatic rings. The minimum Gasteiger partial charge on any atom is -0.436 e. The largest absolute Gasteiger partial charge is 0.436 e. The molecule has 2 aromatic carbocycles. The molecule has 1 aliphatic rings. The first-order chi connectivity index (χ1) is 13.2. The first-order valence-electron chi connectivity index (χ1n) is 10.1. The van der Waals surface area contributed by atoms with E-state index in [1.165, 1.54) is 24.0 Å². The van der Waals surface area contributed by atoms with Gasteiger partial charge in [-0.2, -0.15) is 0 Å². The third kappa shape index (κ3) is 3.11. The molecule has 1 aliphatic carbocycles. The van der Waals surface area contributed by atoms with Crippen molar-refractivity contribution in [2.45, 2.75) is 58.3 Å². The molecule has 28 heavy (non-hydrogen) atoms. The lowest BCUT2D eigenvalue weighted by molar-refractivity contribution is 0.0956. The number of nitrogens with zero attached hydrogens (tertiary/aromatic N) is 1. The number of fused-ring (bicyclic) bond motifs is 2. The molecule has 1 aromatic heterocycles. The van der Waals surface area contributed by atoms with Crippen molar-refractivity contribution in [1.29, 1.82) is 0 Å². The molecule has 0 saturated carbocycles. The van der Waals surface area contributed by atoms with E-state index in [9.17, 15) is 4.79 Å². The van der Waals surface area contributed by atoms with Gasteiger partial charge in [-0.3, -0.25) is 4.79 Å². The van der Waals surface area contributed by atoms with Crippen molar-refractivity contribution >= 4 is 17.0 Å². The average molecular weight is 377 g/mol. The van der Waals surface area contributed by atoms with Crippen molar-refractivity contribution in [2.75, 3.05) is 6.54 Å². The Labute approximate surface area is 166 Å². The van der Waals surface area contributed by atoms with Gasteiger partial charge in [0.25, 0.3) is 5.91 Å². The monoisotopic (exact) mass is 376 g/mol. The molecule has 0 bridgehead atoms. The maximum Gasteiger partial charge on any atom is 0.251 e. The molecular weight excluding hydrogens is 348 g/mol. The molecule has 0 unspecified atom stereocenters. The van der Waals surface area contributed by atoms with Crippen molar-refractivity contribution in [3.05, 3.63) is 53.1 Å². The third-order valence-electron chi connectivity index (χ3n) is 6.09. The van der Waals surface area contributed by atoms with Crippen molar-refractivity contribution in [3.63, 3.8) is 0 Å². The minimum atomic E-state index is -0.0971. The fourth-order valence-corrected chi connectivity index (χ4v) is 4.17. The molecule has 4 nitrogen and oxygen atoms in total. The van der Waals surface area contributed by atoms with Crippen molar-refractivity contribution < 1.29 is 9.21 Å². The molecular formula is C24H28N2O2. The molecule has 146 valence electrons. The summed E-state index contributed by atoms with van der Waals surface area (Å²) in [5.41, 5.74) is 6.10. The summed E-state index contributed by atoms with van der Waals surface area (Å²) < 4.78 is 6.04. The molecule has 1 N–H and O–H groups in total. The van der Waals surface area contributed by atoms with Crippen LogP contribution in [-0.2, 0) is 10.8 Å². The zero-order valence-corrected chi connectivity index (χ0v) is 17.3. The third-order valence-corrected chi connectivity index (χ3v) is 6.09. The van der Waals surface area contributed by atoms with Crippen LogP contribution in [0.5, 0.6) is 0 Å². The average Bonchev–Trinajstić information content (AvgIpc) is 3.09. The summed E-state index contributed by atoms with van der Waals surface area (Å²) in [7, 11) is 0. The molecule has 0 fully saturated rings. The Bertz CT molecular complexity index is 1060. The predicted octanol–water partition coefficient (Wildman–Crippen LogP) is 5.59. The van der Waals surface area contributed by atoms with Crippen LogP contribution in [0.3, 0.4) is 0 Å². The SMILES string of the molecule is CCNC(=O)c1ccc2nc(-c3ccc4c(c3)C(C)(C)CCC4(C)C)oc2c1. The van der Waals surface area contributed by atoms with Crippen LogP contribution in [-0.4, -0.2) is 17.4 Å². The lowest BCUT2D eigenvalue weighted by Gasteiger charge is -2.42. The van der Waals surface area contributed by atoms with Gasteiger partial charge in [0.1, 0.15) is 5.52 Å². The fraction of sp³-hybridized carbons (Fsp3) is 0.417. The zero-order chi connectivity index (χ0) is 20.1. The number of hydrogen-bond donors (Lipinski definition) is 1. The number of amides is 1. The first kappa shape index (κ1) is 18.7. The molecule has 0 aliphatic heterocycles. The van der Waals surface area contributed by atoms with Crippen LogP contribution in [0.1, 0.15) is 68.9 Å². The fourth-order valence-electron chi connectivity index (χ4n) is 4.17. The maximum atomic E-state index is 12.1. The van der Waals surface area contributed by atoms with Gasteiger partial charge in [-0.1, -0.05) is 33.8 Å². The van der Waals surface area contributed by atoms with E-state index in [0.717, 1.165) is 11.1 Å². The summed E-state index contributed by atoms with van der Waals surface area (Å²) in [5, 5.41) is 2.81. The Morgan fingerprint density at radius 3 is 2.46 bits per heavy atom. The summed E-state index contributed by atoms with van der Waals surface area (Å²) in [6.07, 6.45) is 2.36. The van der Waals surface area contributed by atoms with E-state index >= 15 is 0 Å². The van der Waals surface area contributed by atoms with Gasteiger partial charge in [0.15, 0.2) is 5.58 Å². The number of nitrogens with one attached hydrogen (secondary N) is 1. The van der Waals surface area contributed by atoms with Crippen LogP contribution >= 0.6 is 0 Å². The van der Waals surface area contributed by atoms with Gasteiger partial charge >= 0.3 is 0 Å². The molecule has 4 heteroatoms. The number of carbonyl (C=O) groups is 1. The van der Waals surface area contributed by atoms with E-state index in [1.807, 2.05) is 13.0 Å². The van der Waals surface area contributed by atoms with Crippen LogP contribution in [0.15, 0.2) is 40.8 Å². The van der Waals surface area contributed by atoms with E-state index in [-0.39, 0.29) is 16.7 Å². The number of benzene rings is 2. The van der Waals surface area contributed by atoms with Gasteiger partial charge in [0, 0.05) is 17.7 Å². The Morgan fingerprint density at radius 2 is 1.75 bits per heavy atom. The Hall–Kier alpha value is -2.62. The van der Waals surface area contributed by atoms with Crippen LogP contribution in [0, 0.1) is 0 Å². The quantitative estimate of drug-likeness (QED) is 0.648. The Morgan fingerprint density at radius 1 is 1.04 bits per heavy atom. The number of rotatable bonds is 3. The number of hydrogen-bond acceptors (Lipinski definition) is 3. The van der Waals surface area contributed by atoms with Crippen molar-refractivity contribution in [2.24, 2.45) is 0 Å². The highest BCUT2D eigenvalue weighted by atomic mass is 16.3. The molecule has 1 amide bonds. The highest BCUT2D eigenvalue weighted by Crippen LogP contribution is 2.46. The highest BCUT2D eigenvalue weighted by molar-refractivity contribution is 5.97. The topological polar surface area (TPSA) is 55.1 Å². The molecule has 1 heterocycles. The number of aromatic nitrogens is 1. The molecule has 4 rings (SSSR count). The molecule has 0 saturated heterocycles. The van der Waals surface area contributed by atoms with Crippen molar-refractivity contribution in [1.82, 2.24) is 10.3 Å².